The number of anilines is 1. The molecule has 2 heterocycles. The number of halogens is 1. The molecule has 0 spiro atoms. The number of carbonyl (C=O) groups excluding carboxylic acids is 2. The number of rotatable bonds is 3. The van der Waals surface area contributed by atoms with E-state index in [0.29, 0.717) is 20.5 Å². The number of benzene rings is 1. The van der Waals surface area contributed by atoms with Gasteiger partial charge < -0.3 is 11.1 Å². The molecule has 2 aromatic heterocycles. The van der Waals surface area contributed by atoms with Crippen LogP contribution in [0.5, 0.6) is 0 Å². The molecule has 2 amide bonds. The minimum atomic E-state index is -0.488. The van der Waals surface area contributed by atoms with Crippen LogP contribution in [0.15, 0.2) is 18.2 Å². The van der Waals surface area contributed by atoms with Crippen molar-refractivity contribution in [3.8, 4) is 0 Å². The van der Waals surface area contributed by atoms with Gasteiger partial charge in [-0.15, -0.1) is 22.7 Å². The monoisotopic (exact) mass is 404 g/mol. The Balaban J connectivity index is 1.72. The highest BCUT2D eigenvalue weighted by molar-refractivity contribution is 7.22. The maximum Gasteiger partial charge on any atom is 0.267 e. The molecule has 0 fully saturated rings. The average Bonchev–Trinajstić information content (AvgIpc) is 3.12. The Morgan fingerprint density at radius 3 is 2.73 bits per heavy atom. The summed E-state index contributed by atoms with van der Waals surface area (Å²) in [6.07, 6.45) is 3.90. The predicted molar refractivity (Wildman–Crippen MR) is 109 cm³/mol. The van der Waals surface area contributed by atoms with E-state index < -0.39 is 5.91 Å². The van der Waals surface area contributed by atoms with Crippen molar-refractivity contribution in [2.45, 2.75) is 32.6 Å². The van der Waals surface area contributed by atoms with E-state index in [1.165, 1.54) is 22.7 Å². The molecule has 26 heavy (non-hydrogen) atoms. The number of nitrogens with one attached hydrogen (secondary N) is 1. The van der Waals surface area contributed by atoms with Gasteiger partial charge in [0.25, 0.3) is 11.8 Å². The van der Waals surface area contributed by atoms with E-state index in [9.17, 15) is 9.59 Å². The molecule has 0 atom stereocenters. The molecule has 1 aromatic carbocycles. The Morgan fingerprint density at radius 1 is 1.19 bits per heavy atom. The maximum atomic E-state index is 12.8. The summed E-state index contributed by atoms with van der Waals surface area (Å²) < 4.78 is 0.973. The molecule has 4 nitrogen and oxygen atoms in total. The van der Waals surface area contributed by atoms with Gasteiger partial charge in [0, 0.05) is 15.0 Å². The predicted octanol–water partition coefficient (Wildman–Crippen LogP) is 5.15. The van der Waals surface area contributed by atoms with E-state index in [4.69, 9.17) is 17.3 Å². The summed E-state index contributed by atoms with van der Waals surface area (Å²) >= 11 is 9.25. The van der Waals surface area contributed by atoms with Crippen LogP contribution < -0.4 is 11.1 Å². The van der Waals surface area contributed by atoms with Crippen LogP contribution in [0, 0.1) is 6.92 Å². The van der Waals surface area contributed by atoms with Crippen molar-refractivity contribution in [1.82, 2.24) is 0 Å². The lowest BCUT2D eigenvalue weighted by Gasteiger charge is -2.11. The quantitative estimate of drug-likeness (QED) is 0.633. The Hall–Kier alpha value is -1.89. The number of hydrogen-bond donors (Lipinski definition) is 2. The zero-order valence-corrected chi connectivity index (χ0v) is 16.5. The fourth-order valence-corrected chi connectivity index (χ4v) is 6.19. The lowest BCUT2D eigenvalue weighted by molar-refractivity contribution is 0.100. The third-order valence-electron chi connectivity index (χ3n) is 4.64. The number of fused-ring (bicyclic) bond motifs is 2. The minimum Gasteiger partial charge on any atom is -0.365 e. The fraction of sp³-hybridized carbons (Fsp3) is 0.263. The number of aryl methyl sites for hydroxylation is 2. The van der Waals surface area contributed by atoms with Gasteiger partial charge in [0.05, 0.1) is 10.6 Å². The van der Waals surface area contributed by atoms with Crippen LogP contribution in [0.25, 0.3) is 10.1 Å². The first-order chi connectivity index (χ1) is 12.5. The molecule has 3 aromatic rings. The Morgan fingerprint density at radius 2 is 1.96 bits per heavy atom. The molecule has 0 unspecified atom stereocenters. The zero-order valence-electron chi connectivity index (χ0n) is 14.1. The fourth-order valence-electron chi connectivity index (χ4n) is 3.39. The molecule has 0 bridgehead atoms. The van der Waals surface area contributed by atoms with Crippen molar-refractivity contribution in [2.75, 3.05) is 5.32 Å². The van der Waals surface area contributed by atoms with E-state index in [0.717, 1.165) is 51.8 Å². The van der Waals surface area contributed by atoms with Crippen LogP contribution >= 0.6 is 34.3 Å². The first-order valence-corrected chi connectivity index (χ1v) is 10.4. The number of thiophene rings is 2. The highest BCUT2D eigenvalue weighted by atomic mass is 35.5. The van der Waals surface area contributed by atoms with E-state index in [-0.39, 0.29) is 5.91 Å². The first kappa shape index (κ1) is 17.5. The van der Waals surface area contributed by atoms with Crippen molar-refractivity contribution >= 4 is 61.2 Å². The number of carbonyl (C=O) groups is 2. The Labute approximate surface area is 164 Å². The minimum absolute atomic E-state index is 0.296. The van der Waals surface area contributed by atoms with Gasteiger partial charge in [-0.2, -0.15) is 0 Å². The summed E-state index contributed by atoms with van der Waals surface area (Å²) in [6, 6.07) is 5.92. The Bertz CT molecular complexity index is 1050. The molecular weight excluding hydrogens is 388 g/mol. The second kappa shape index (κ2) is 6.68. The van der Waals surface area contributed by atoms with Gasteiger partial charge in [-0.25, -0.2) is 0 Å². The molecule has 4 rings (SSSR count). The van der Waals surface area contributed by atoms with Crippen molar-refractivity contribution in [2.24, 2.45) is 5.73 Å². The van der Waals surface area contributed by atoms with Gasteiger partial charge in [0.1, 0.15) is 9.88 Å². The number of amides is 2. The summed E-state index contributed by atoms with van der Waals surface area (Å²) in [5.41, 5.74) is 8.18. The molecule has 1 aliphatic rings. The van der Waals surface area contributed by atoms with Gasteiger partial charge in [-0.3, -0.25) is 9.59 Å². The lowest BCUT2D eigenvalue weighted by atomic mass is 9.95. The topological polar surface area (TPSA) is 72.2 Å². The molecule has 134 valence electrons. The van der Waals surface area contributed by atoms with Crippen LogP contribution in [0.4, 0.5) is 5.00 Å². The SMILES string of the molecule is Cc1ccc2c(Cl)c(C(=O)Nc3sc4c(c3C(N)=O)CCCC4)sc2c1. The second-order valence-electron chi connectivity index (χ2n) is 6.48. The third kappa shape index (κ3) is 2.92. The van der Waals surface area contributed by atoms with Crippen molar-refractivity contribution < 1.29 is 9.59 Å². The van der Waals surface area contributed by atoms with Crippen LogP contribution in [0.3, 0.4) is 0 Å². The van der Waals surface area contributed by atoms with Crippen LogP contribution in [0.1, 0.15) is 48.9 Å². The molecule has 1 aliphatic carbocycles. The van der Waals surface area contributed by atoms with Gasteiger partial charge >= 0.3 is 0 Å². The molecule has 0 aliphatic heterocycles. The summed E-state index contributed by atoms with van der Waals surface area (Å²) in [4.78, 5) is 26.4. The summed E-state index contributed by atoms with van der Waals surface area (Å²) in [7, 11) is 0. The second-order valence-corrected chi connectivity index (χ2v) is 9.01. The van der Waals surface area contributed by atoms with Crippen molar-refractivity contribution in [3.05, 3.63) is 49.7 Å². The molecule has 0 radical (unpaired) electrons. The van der Waals surface area contributed by atoms with Crippen LogP contribution in [0.2, 0.25) is 5.02 Å². The van der Waals surface area contributed by atoms with Crippen molar-refractivity contribution in [1.29, 1.82) is 0 Å². The third-order valence-corrected chi connectivity index (χ3v) is 7.50. The van der Waals surface area contributed by atoms with Gasteiger partial charge in [0.15, 0.2) is 0 Å². The van der Waals surface area contributed by atoms with E-state index in [2.05, 4.69) is 5.32 Å². The smallest absolute Gasteiger partial charge is 0.267 e. The Kier molecular flexibility index (Phi) is 4.50. The summed E-state index contributed by atoms with van der Waals surface area (Å²) in [5, 5.41) is 4.74. The number of hydrogen-bond acceptors (Lipinski definition) is 4. The van der Waals surface area contributed by atoms with Gasteiger partial charge in [-0.1, -0.05) is 23.7 Å². The van der Waals surface area contributed by atoms with Gasteiger partial charge in [-0.05, 0) is 49.8 Å². The highest BCUT2D eigenvalue weighted by Gasteiger charge is 2.26. The molecule has 7 heteroatoms. The van der Waals surface area contributed by atoms with Crippen molar-refractivity contribution in [3.63, 3.8) is 0 Å². The van der Waals surface area contributed by atoms with Crippen LogP contribution in [-0.2, 0) is 12.8 Å². The highest BCUT2D eigenvalue weighted by Crippen LogP contribution is 2.40. The zero-order chi connectivity index (χ0) is 18.4. The summed E-state index contributed by atoms with van der Waals surface area (Å²) in [6.45, 7) is 2.00. The number of primary amides is 1. The van der Waals surface area contributed by atoms with E-state index >= 15 is 0 Å². The normalized spacial score (nSPS) is 13.6. The molecular formula is C19H17ClN2O2S2. The first-order valence-electron chi connectivity index (χ1n) is 8.40. The average molecular weight is 405 g/mol. The molecule has 0 saturated heterocycles. The lowest BCUT2D eigenvalue weighted by Crippen LogP contribution is -2.18. The standard InChI is InChI=1S/C19H17ClN2O2S2/c1-9-6-7-11-13(8-9)25-16(15(11)20)18(24)22-19-14(17(21)23)10-4-2-3-5-12(10)26-19/h6-8H,2-5H2,1H3,(H2,21,23)(H,22,24). The number of nitrogens with two attached hydrogens (primary N) is 1. The molecule has 0 saturated carbocycles. The largest absolute Gasteiger partial charge is 0.365 e. The molecule has 3 N–H and O–H groups in total. The van der Waals surface area contributed by atoms with Gasteiger partial charge in [0.2, 0.25) is 0 Å². The van der Waals surface area contributed by atoms with Crippen LogP contribution in [-0.4, -0.2) is 11.8 Å². The summed E-state index contributed by atoms with van der Waals surface area (Å²) in [5.74, 6) is -0.785. The van der Waals surface area contributed by atoms with E-state index in [1.807, 2.05) is 25.1 Å². The maximum absolute atomic E-state index is 12.8. The van der Waals surface area contributed by atoms with E-state index in [1.54, 1.807) is 0 Å².